The van der Waals surface area contributed by atoms with E-state index in [0.717, 1.165) is 28.3 Å². The molecule has 2 aromatic carbocycles. The predicted molar refractivity (Wildman–Crippen MR) is 123 cm³/mol. The minimum atomic E-state index is 0.0646. The molecule has 4 nitrogen and oxygen atoms in total. The first-order valence-corrected chi connectivity index (χ1v) is 10.5. The SMILES string of the molecule is C[C@@H](CC(=O)Cc1ccc(-n2cccc2)cc1)c1ccc(OCc2ccccc2)cn1. The number of hydrogen-bond acceptors (Lipinski definition) is 3. The van der Waals surface area contributed by atoms with E-state index in [9.17, 15) is 4.79 Å². The summed E-state index contributed by atoms with van der Waals surface area (Å²) in [5.74, 6) is 1.01. The van der Waals surface area contributed by atoms with E-state index in [1.807, 2.05) is 103 Å². The van der Waals surface area contributed by atoms with E-state index in [-0.39, 0.29) is 11.7 Å². The molecule has 1 atom stereocenters. The van der Waals surface area contributed by atoms with Crippen molar-refractivity contribution in [1.29, 1.82) is 0 Å². The van der Waals surface area contributed by atoms with E-state index in [1.165, 1.54) is 0 Å². The lowest BCUT2D eigenvalue weighted by atomic mass is 9.97. The van der Waals surface area contributed by atoms with Crippen molar-refractivity contribution in [3.63, 3.8) is 0 Å². The fourth-order valence-electron chi connectivity index (χ4n) is 3.55. The maximum atomic E-state index is 12.6. The summed E-state index contributed by atoms with van der Waals surface area (Å²) in [6.07, 6.45) is 6.66. The highest BCUT2D eigenvalue weighted by atomic mass is 16.5. The Labute approximate surface area is 183 Å². The molecule has 2 heterocycles. The molecule has 31 heavy (non-hydrogen) atoms. The summed E-state index contributed by atoms with van der Waals surface area (Å²) in [5.41, 5.74) is 4.15. The molecule has 4 aromatic rings. The van der Waals surface area contributed by atoms with Gasteiger partial charge in [-0.3, -0.25) is 9.78 Å². The van der Waals surface area contributed by atoms with Gasteiger partial charge in [-0.2, -0.15) is 0 Å². The van der Waals surface area contributed by atoms with Crippen molar-refractivity contribution in [2.24, 2.45) is 0 Å². The highest BCUT2D eigenvalue weighted by Crippen LogP contribution is 2.21. The Morgan fingerprint density at radius 2 is 1.65 bits per heavy atom. The second-order valence-electron chi connectivity index (χ2n) is 7.77. The zero-order valence-electron chi connectivity index (χ0n) is 17.6. The predicted octanol–water partition coefficient (Wildman–Crippen LogP) is 5.76. The summed E-state index contributed by atoms with van der Waals surface area (Å²) >= 11 is 0. The molecule has 4 heteroatoms. The van der Waals surface area contributed by atoms with Crippen molar-refractivity contribution in [3.05, 3.63) is 114 Å². The lowest BCUT2D eigenvalue weighted by molar-refractivity contribution is -0.118. The smallest absolute Gasteiger partial charge is 0.138 e. The molecule has 0 aliphatic heterocycles. The molecular weight excluding hydrogens is 384 g/mol. The lowest BCUT2D eigenvalue weighted by Crippen LogP contribution is -2.09. The van der Waals surface area contributed by atoms with Crippen LogP contribution in [0.5, 0.6) is 5.75 Å². The van der Waals surface area contributed by atoms with Gasteiger partial charge in [-0.1, -0.05) is 49.4 Å². The van der Waals surface area contributed by atoms with E-state index in [2.05, 4.69) is 4.98 Å². The number of pyridine rings is 1. The summed E-state index contributed by atoms with van der Waals surface area (Å²) in [6, 6.07) is 26.0. The van der Waals surface area contributed by atoms with Gasteiger partial charge < -0.3 is 9.30 Å². The first-order valence-electron chi connectivity index (χ1n) is 10.5. The third-order valence-electron chi connectivity index (χ3n) is 5.29. The molecule has 4 rings (SSSR count). The maximum absolute atomic E-state index is 12.6. The van der Waals surface area contributed by atoms with Crippen LogP contribution in [0.4, 0.5) is 0 Å². The Kier molecular flexibility index (Phi) is 6.58. The monoisotopic (exact) mass is 410 g/mol. The lowest BCUT2D eigenvalue weighted by Gasteiger charge is -2.12. The van der Waals surface area contributed by atoms with Gasteiger partial charge in [0, 0.05) is 42.5 Å². The van der Waals surface area contributed by atoms with Gasteiger partial charge in [0.2, 0.25) is 0 Å². The Morgan fingerprint density at radius 1 is 0.903 bits per heavy atom. The second-order valence-corrected chi connectivity index (χ2v) is 7.77. The fraction of sp³-hybridized carbons (Fsp3) is 0.185. The van der Waals surface area contributed by atoms with Gasteiger partial charge in [0.25, 0.3) is 0 Å². The first kappa shape index (κ1) is 20.6. The molecule has 0 fully saturated rings. The molecule has 0 amide bonds. The largest absolute Gasteiger partial charge is 0.487 e. The number of rotatable bonds is 9. The minimum Gasteiger partial charge on any atom is -0.487 e. The number of hydrogen-bond donors (Lipinski definition) is 0. The molecule has 0 radical (unpaired) electrons. The third kappa shape index (κ3) is 5.70. The molecule has 0 N–H and O–H groups in total. The van der Waals surface area contributed by atoms with Crippen molar-refractivity contribution >= 4 is 5.78 Å². The average Bonchev–Trinajstić information content (AvgIpc) is 3.34. The zero-order chi connectivity index (χ0) is 21.5. The van der Waals surface area contributed by atoms with Crippen LogP contribution in [0.25, 0.3) is 5.69 Å². The van der Waals surface area contributed by atoms with Crippen molar-refractivity contribution in [1.82, 2.24) is 9.55 Å². The van der Waals surface area contributed by atoms with Crippen LogP contribution in [0.2, 0.25) is 0 Å². The van der Waals surface area contributed by atoms with Crippen molar-refractivity contribution in [2.75, 3.05) is 0 Å². The molecular formula is C27H26N2O2. The Morgan fingerprint density at radius 3 is 2.32 bits per heavy atom. The number of aromatic nitrogens is 2. The summed E-state index contributed by atoms with van der Waals surface area (Å²) in [7, 11) is 0. The van der Waals surface area contributed by atoms with Gasteiger partial charge >= 0.3 is 0 Å². The molecule has 0 saturated carbocycles. The molecule has 0 spiro atoms. The number of ketones is 1. The molecule has 0 bridgehead atoms. The van der Waals surface area contributed by atoms with Crippen LogP contribution in [-0.4, -0.2) is 15.3 Å². The Hall–Kier alpha value is -3.66. The van der Waals surface area contributed by atoms with Crippen molar-refractivity contribution in [2.45, 2.75) is 32.3 Å². The summed E-state index contributed by atoms with van der Waals surface area (Å²) in [4.78, 5) is 17.1. The fourth-order valence-corrected chi connectivity index (χ4v) is 3.55. The molecule has 2 aromatic heterocycles. The summed E-state index contributed by atoms with van der Waals surface area (Å²) < 4.78 is 7.84. The molecule has 156 valence electrons. The van der Waals surface area contributed by atoms with Crippen molar-refractivity contribution in [3.8, 4) is 11.4 Å². The van der Waals surface area contributed by atoms with Crippen LogP contribution in [0.15, 0.2) is 97.5 Å². The number of carbonyl (C=O) groups excluding carboxylic acids is 1. The first-order chi connectivity index (χ1) is 15.2. The van der Waals surface area contributed by atoms with Crippen LogP contribution >= 0.6 is 0 Å². The molecule has 0 unspecified atom stereocenters. The zero-order valence-corrected chi connectivity index (χ0v) is 17.6. The van der Waals surface area contributed by atoms with Gasteiger partial charge in [-0.25, -0.2) is 0 Å². The van der Waals surface area contributed by atoms with Gasteiger partial charge in [0.05, 0.1) is 6.20 Å². The molecule has 0 aliphatic carbocycles. The van der Waals surface area contributed by atoms with Crippen LogP contribution in [0, 0.1) is 0 Å². The van der Waals surface area contributed by atoms with E-state index >= 15 is 0 Å². The minimum absolute atomic E-state index is 0.0646. The molecule has 0 aliphatic rings. The van der Waals surface area contributed by atoms with E-state index < -0.39 is 0 Å². The van der Waals surface area contributed by atoms with E-state index in [0.29, 0.717) is 19.4 Å². The van der Waals surface area contributed by atoms with Crippen LogP contribution < -0.4 is 4.74 Å². The maximum Gasteiger partial charge on any atom is 0.138 e. The highest BCUT2D eigenvalue weighted by molar-refractivity contribution is 5.81. The second kappa shape index (κ2) is 9.90. The van der Waals surface area contributed by atoms with Crippen LogP contribution in [0.1, 0.15) is 36.1 Å². The number of ether oxygens (including phenoxy) is 1. The topological polar surface area (TPSA) is 44.1 Å². The van der Waals surface area contributed by atoms with E-state index in [1.54, 1.807) is 6.20 Å². The van der Waals surface area contributed by atoms with E-state index in [4.69, 9.17) is 4.74 Å². The summed E-state index contributed by atoms with van der Waals surface area (Å²) in [6.45, 7) is 2.55. The highest BCUT2D eigenvalue weighted by Gasteiger charge is 2.13. The quantitative estimate of drug-likeness (QED) is 0.352. The average molecular weight is 411 g/mol. The van der Waals surface area contributed by atoms with Gasteiger partial charge in [0.1, 0.15) is 18.1 Å². The van der Waals surface area contributed by atoms with Gasteiger partial charge in [0.15, 0.2) is 0 Å². The third-order valence-corrected chi connectivity index (χ3v) is 5.29. The number of nitrogens with zero attached hydrogens (tertiary/aromatic N) is 2. The number of benzene rings is 2. The summed E-state index contributed by atoms with van der Waals surface area (Å²) in [5, 5.41) is 0. The van der Waals surface area contributed by atoms with Crippen LogP contribution in [-0.2, 0) is 17.8 Å². The Bertz CT molecular complexity index is 1090. The molecule has 0 saturated heterocycles. The standard InChI is InChI=1S/C27H26N2O2/c1-21(27-14-13-26(19-28-27)31-20-23-7-3-2-4-8-23)17-25(30)18-22-9-11-24(12-10-22)29-15-5-6-16-29/h2-16,19,21H,17-18,20H2,1H3/t21-/m0/s1. The van der Waals surface area contributed by atoms with Gasteiger partial charge in [-0.05, 0) is 47.5 Å². The van der Waals surface area contributed by atoms with Crippen LogP contribution in [0.3, 0.4) is 0 Å². The normalized spacial score (nSPS) is 11.8. The Balaban J connectivity index is 1.28. The van der Waals surface area contributed by atoms with Crippen molar-refractivity contribution < 1.29 is 9.53 Å². The van der Waals surface area contributed by atoms with Gasteiger partial charge in [-0.15, -0.1) is 0 Å². The number of carbonyl (C=O) groups is 1. The number of Topliss-reactive ketones (excluding diaryl/α,β-unsaturated/α-hetero) is 1.